The third kappa shape index (κ3) is 3.02. The Morgan fingerprint density at radius 2 is 1.97 bits per heavy atom. The van der Waals surface area contributed by atoms with Crippen LogP contribution in [0.15, 0.2) is 53.9 Å². The molecule has 0 saturated carbocycles. The molecule has 0 fully saturated rings. The molecule has 0 spiro atoms. The van der Waals surface area contributed by atoms with Crippen LogP contribution in [0.2, 0.25) is 5.02 Å². The van der Waals surface area contributed by atoms with E-state index in [4.69, 9.17) is 31.5 Å². The average molecular weight is 423 g/mol. The Kier molecular flexibility index (Phi) is 5.02. The van der Waals surface area contributed by atoms with Gasteiger partial charge in [0.2, 0.25) is 11.8 Å². The summed E-state index contributed by atoms with van der Waals surface area (Å²) in [5, 5.41) is 15.1. The van der Waals surface area contributed by atoms with Gasteiger partial charge in [-0.2, -0.15) is 10.4 Å². The van der Waals surface area contributed by atoms with Gasteiger partial charge in [-0.3, -0.25) is 0 Å². The second-order valence-corrected chi connectivity index (χ2v) is 7.14. The van der Waals surface area contributed by atoms with Crippen LogP contribution in [-0.2, 0) is 0 Å². The molecule has 2 heterocycles. The molecule has 1 aliphatic heterocycles. The van der Waals surface area contributed by atoms with E-state index in [1.165, 1.54) is 0 Å². The van der Waals surface area contributed by atoms with Gasteiger partial charge in [0.25, 0.3) is 0 Å². The Morgan fingerprint density at radius 3 is 2.63 bits per heavy atom. The number of allylic oxidation sites excluding steroid dienone is 1. The van der Waals surface area contributed by atoms with Crippen LogP contribution in [0.5, 0.6) is 17.4 Å². The zero-order chi connectivity index (χ0) is 21.4. The van der Waals surface area contributed by atoms with E-state index in [1.54, 1.807) is 37.1 Å². The van der Waals surface area contributed by atoms with Crippen molar-refractivity contribution in [1.82, 2.24) is 9.78 Å². The van der Waals surface area contributed by atoms with E-state index in [1.807, 2.05) is 31.2 Å². The van der Waals surface area contributed by atoms with Crippen molar-refractivity contribution in [3.8, 4) is 29.1 Å². The summed E-state index contributed by atoms with van der Waals surface area (Å²) < 4.78 is 18.6. The second kappa shape index (κ2) is 7.65. The van der Waals surface area contributed by atoms with Crippen LogP contribution in [0.3, 0.4) is 0 Å². The molecule has 0 radical (unpaired) electrons. The molecule has 7 nitrogen and oxygen atoms in total. The molecule has 0 saturated heterocycles. The first kappa shape index (κ1) is 19.7. The minimum absolute atomic E-state index is 0.0167. The lowest BCUT2D eigenvalue weighted by Gasteiger charge is -2.26. The lowest BCUT2D eigenvalue weighted by molar-refractivity contribution is 0.346. The van der Waals surface area contributed by atoms with Crippen LogP contribution >= 0.6 is 11.6 Å². The Hall–Kier alpha value is -3.63. The number of nitrogens with zero attached hydrogens (tertiary/aromatic N) is 3. The number of nitriles is 1. The molecule has 30 heavy (non-hydrogen) atoms. The summed E-state index contributed by atoms with van der Waals surface area (Å²) in [5.41, 5.74) is 9.33. The van der Waals surface area contributed by atoms with Crippen molar-refractivity contribution in [3.63, 3.8) is 0 Å². The predicted octanol–water partition coefficient (Wildman–Crippen LogP) is 4.07. The van der Waals surface area contributed by atoms with Gasteiger partial charge in [0, 0.05) is 10.6 Å². The van der Waals surface area contributed by atoms with Crippen LogP contribution in [0.1, 0.15) is 22.7 Å². The zero-order valence-electron chi connectivity index (χ0n) is 16.6. The van der Waals surface area contributed by atoms with Crippen LogP contribution in [0.25, 0.3) is 5.69 Å². The van der Waals surface area contributed by atoms with Gasteiger partial charge < -0.3 is 19.9 Å². The Morgan fingerprint density at radius 1 is 1.20 bits per heavy atom. The van der Waals surface area contributed by atoms with Crippen LogP contribution < -0.4 is 19.9 Å². The number of aromatic nitrogens is 2. The van der Waals surface area contributed by atoms with Crippen LogP contribution in [0, 0.1) is 18.3 Å². The molecular formula is C22H19ClN4O3. The van der Waals surface area contributed by atoms with Gasteiger partial charge in [0.15, 0.2) is 11.5 Å². The molecule has 0 amide bonds. The number of methoxy groups -OCH3 is 2. The third-order valence-electron chi connectivity index (χ3n) is 5.03. The van der Waals surface area contributed by atoms with Crippen molar-refractivity contribution < 1.29 is 14.2 Å². The van der Waals surface area contributed by atoms with E-state index < -0.39 is 5.92 Å². The number of aryl methyl sites for hydroxylation is 1. The number of benzene rings is 2. The second-order valence-electron chi connectivity index (χ2n) is 6.70. The molecule has 0 unspecified atom stereocenters. The maximum atomic E-state index is 9.88. The first-order chi connectivity index (χ1) is 14.5. The number of ether oxygens (including phenoxy) is 3. The summed E-state index contributed by atoms with van der Waals surface area (Å²) in [6, 6.07) is 15.0. The first-order valence-corrected chi connectivity index (χ1v) is 9.51. The highest BCUT2D eigenvalue weighted by molar-refractivity contribution is 6.30. The Balaban J connectivity index is 2.00. The lowest BCUT2D eigenvalue weighted by Crippen LogP contribution is -2.22. The van der Waals surface area contributed by atoms with Crippen molar-refractivity contribution >= 4 is 11.6 Å². The summed E-state index contributed by atoms with van der Waals surface area (Å²) in [4.78, 5) is 0. The van der Waals surface area contributed by atoms with Crippen LogP contribution in [0.4, 0.5) is 0 Å². The smallest absolute Gasteiger partial charge is 0.229 e. The van der Waals surface area contributed by atoms with E-state index in [0.717, 1.165) is 16.8 Å². The highest BCUT2D eigenvalue weighted by Crippen LogP contribution is 2.48. The predicted molar refractivity (Wildman–Crippen MR) is 112 cm³/mol. The molecule has 1 atom stereocenters. The molecule has 4 rings (SSSR count). The summed E-state index contributed by atoms with van der Waals surface area (Å²) in [7, 11) is 3.12. The number of rotatable bonds is 4. The van der Waals surface area contributed by atoms with Gasteiger partial charge in [-0.05, 0) is 31.2 Å². The standard InChI is InChI=1S/C22H19ClN4O3/c1-12-18-19(15-8-5-9-17(28-2)20(15)29-3)16(11-24)21(25)30-22(18)27(26-12)14-7-4-6-13(23)10-14/h4-10,19H,25H2,1-3H3/t19-/m1/s1. The molecular weight excluding hydrogens is 404 g/mol. The summed E-state index contributed by atoms with van der Waals surface area (Å²) in [6.07, 6.45) is 0. The van der Waals surface area contributed by atoms with E-state index in [9.17, 15) is 5.26 Å². The molecule has 0 aliphatic carbocycles. The maximum Gasteiger partial charge on any atom is 0.229 e. The number of hydrogen-bond acceptors (Lipinski definition) is 6. The van der Waals surface area contributed by atoms with Crippen molar-refractivity contribution in [2.75, 3.05) is 14.2 Å². The van der Waals surface area contributed by atoms with Gasteiger partial charge >= 0.3 is 0 Å². The number of hydrogen-bond donors (Lipinski definition) is 1. The van der Waals surface area contributed by atoms with Gasteiger partial charge in [-0.25, -0.2) is 4.68 Å². The summed E-state index contributed by atoms with van der Waals surface area (Å²) >= 11 is 6.17. The van der Waals surface area contributed by atoms with Gasteiger partial charge in [-0.15, -0.1) is 0 Å². The lowest BCUT2D eigenvalue weighted by atomic mass is 9.83. The van der Waals surface area contributed by atoms with E-state index in [2.05, 4.69) is 11.2 Å². The van der Waals surface area contributed by atoms with E-state index in [-0.39, 0.29) is 11.5 Å². The van der Waals surface area contributed by atoms with Crippen molar-refractivity contribution in [2.45, 2.75) is 12.8 Å². The zero-order valence-corrected chi connectivity index (χ0v) is 17.4. The molecule has 8 heteroatoms. The largest absolute Gasteiger partial charge is 0.493 e. The van der Waals surface area contributed by atoms with Crippen LogP contribution in [-0.4, -0.2) is 24.0 Å². The highest BCUT2D eigenvalue weighted by atomic mass is 35.5. The van der Waals surface area contributed by atoms with Crippen molar-refractivity contribution in [2.24, 2.45) is 5.73 Å². The van der Waals surface area contributed by atoms with Gasteiger partial charge in [-0.1, -0.05) is 29.8 Å². The Labute approximate surface area is 178 Å². The molecule has 0 bridgehead atoms. The topological polar surface area (TPSA) is 95.3 Å². The third-order valence-corrected chi connectivity index (χ3v) is 5.26. The van der Waals surface area contributed by atoms with E-state index >= 15 is 0 Å². The molecule has 152 valence electrons. The SMILES string of the molecule is COc1cccc([C@@H]2C(C#N)=C(N)Oc3c2c(C)nn3-c2cccc(Cl)c2)c1OC. The quantitative estimate of drug-likeness (QED) is 0.680. The fourth-order valence-electron chi connectivity index (χ4n) is 3.75. The Bertz CT molecular complexity index is 1210. The number of para-hydroxylation sites is 1. The monoisotopic (exact) mass is 422 g/mol. The number of fused-ring (bicyclic) bond motifs is 1. The highest BCUT2D eigenvalue weighted by Gasteiger charge is 2.38. The minimum atomic E-state index is -0.531. The molecule has 3 aromatic rings. The maximum absolute atomic E-state index is 9.88. The van der Waals surface area contributed by atoms with Crippen molar-refractivity contribution in [1.29, 1.82) is 5.26 Å². The average Bonchev–Trinajstić information content (AvgIpc) is 3.07. The number of halogens is 1. The molecule has 1 aromatic heterocycles. The fourth-order valence-corrected chi connectivity index (χ4v) is 3.93. The first-order valence-electron chi connectivity index (χ1n) is 9.14. The molecule has 1 aliphatic rings. The van der Waals surface area contributed by atoms with Gasteiger partial charge in [0.1, 0.15) is 11.6 Å². The normalized spacial score (nSPS) is 15.2. The van der Waals surface area contributed by atoms with Gasteiger partial charge in [0.05, 0.1) is 37.1 Å². The summed E-state index contributed by atoms with van der Waals surface area (Å²) in [5.74, 6) is 0.994. The minimum Gasteiger partial charge on any atom is -0.493 e. The number of nitrogens with two attached hydrogens (primary N) is 1. The van der Waals surface area contributed by atoms with E-state index in [0.29, 0.717) is 28.1 Å². The molecule has 2 aromatic carbocycles. The van der Waals surface area contributed by atoms with Crippen molar-refractivity contribution in [3.05, 3.63) is 75.8 Å². The fraction of sp³-hybridized carbons (Fsp3) is 0.182. The molecule has 2 N–H and O–H groups in total. The summed E-state index contributed by atoms with van der Waals surface area (Å²) in [6.45, 7) is 1.86.